The maximum absolute atomic E-state index is 12.3. The second kappa shape index (κ2) is 6.85. The molecular formula is C17H11Cl3N2O2. The number of halogens is 3. The van der Waals surface area contributed by atoms with Crippen LogP contribution in [0.2, 0.25) is 15.1 Å². The molecule has 0 unspecified atom stereocenters. The van der Waals surface area contributed by atoms with Crippen molar-refractivity contribution < 1.29 is 4.79 Å². The molecule has 1 aromatic heterocycles. The fraction of sp³-hybridized carbons (Fsp3) is 0.0588. The van der Waals surface area contributed by atoms with Crippen LogP contribution in [0.1, 0.15) is 0 Å². The number of aromatic nitrogens is 1. The van der Waals surface area contributed by atoms with Crippen LogP contribution in [0.3, 0.4) is 0 Å². The van der Waals surface area contributed by atoms with Gasteiger partial charge in [0.25, 0.3) is 0 Å². The molecule has 3 rings (SSSR count). The highest BCUT2D eigenvalue weighted by molar-refractivity contribution is 6.35. The van der Waals surface area contributed by atoms with Gasteiger partial charge in [-0.1, -0.05) is 34.8 Å². The number of carbonyl (C=O) groups excluding carboxylic acids is 1. The summed E-state index contributed by atoms with van der Waals surface area (Å²) in [4.78, 5) is 24.2. The highest BCUT2D eigenvalue weighted by Gasteiger charge is 2.10. The SMILES string of the molecule is O=C(Cn1ccc(=O)c2ccc(Cl)cc21)Nc1cc(Cl)ccc1Cl. The van der Waals surface area contributed by atoms with Gasteiger partial charge < -0.3 is 9.88 Å². The van der Waals surface area contributed by atoms with Crippen LogP contribution < -0.4 is 10.7 Å². The molecule has 1 amide bonds. The number of hydrogen-bond acceptors (Lipinski definition) is 2. The number of hydrogen-bond donors (Lipinski definition) is 1. The third-order valence-electron chi connectivity index (χ3n) is 3.46. The third kappa shape index (κ3) is 3.56. The monoisotopic (exact) mass is 380 g/mol. The molecule has 3 aromatic rings. The largest absolute Gasteiger partial charge is 0.338 e. The number of nitrogens with zero attached hydrogens (tertiary/aromatic N) is 1. The van der Waals surface area contributed by atoms with Gasteiger partial charge in [-0.15, -0.1) is 0 Å². The number of nitrogens with one attached hydrogen (secondary N) is 1. The molecule has 0 saturated heterocycles. The van der Waals surface area contributed by atoms with Gasteiger partial charge in [0, 0.05) is 27.7 Å². The van der Waals surface area contributed by atoms with Crippen molar-refractivity contribution in [1.82, 2.24) is 4.57 Å². The van der Waals surface area contributed by atoms with Crippen LogP contribution >= 0.6 is 34.8 Å². The number of benzene rings is 2. The zero-order chi connectivity index (χ0) is 17.3. The minimum atomic E-state index is -0.302. The second-order valence-corrected chi connectivity index (χ2v) is 6.42. The predicted octanol–water partition coefficient (Wildman–Crippen LogP) is 4.60. The highest BCUT2D eigenvalue weighted by atomic mass is 35.5. The number of amides is 1. The molecule has 1 heterocycles. The van der Waals surface area contributed by atoms with Gasteiger partial charge in [-0.3, -0.25) is 9.59 Å². The maximum Gasteiger partial charge on any atom is 0.244 e. The van der Waals surface area contributed by atoms with E-state index < -0.39 is 0 Å². The summed E-state index contributed by atoms with van der Waals surface area (Å²) in [5.74, 6) is -0.302. The van der Waals surface area contributed by atoms with Gasteiger partial charge in [0.05, 0.1) is 16.2 Å². The Morgan fingerprint density at radius 3 is 2.50 bits per heavy atom. The molecule has 0 saturated carbocycles. The van der Waals surface area contributed by atoms with Crippen molar-refractivity contribution in [3.05, 3.63) is 74.0 Å². The first kappa shape index (κ1) is 16.8. The number of carbonyl (C=O) groups is 1. The molecule has 0 fully saturated rings. The van der Waals surface area contributed by atoms with Gasteiger partial charge in [0.15, 0.2) is 5.43 Å². The van der Waals surface area contributed by atoms with E-state index in [1.807, 2.05) is 0 Å². The molecule has 1 N–H and O–H groups in total. The maximum atomic E-state index is 12.3. The summed E-state index contributed by atoms with van der Waals surface area (Å²) in [6, 6.07) is 11.2. The Kier molecular flexibility index (Phi) is 4.81. The van der Waals surface area contributed by atoms with E-state index in [2.05, 4.69) is 5.32 Å². The van der Waals surface area contributed by atoms with Crippen molar-refractivity contribution in [2.75, 3.05) is 5.32 Å². The van der Waals surface area contributed by atoms with E-state index in [1.165, 1.54) is 6.07 Å². The van der Waals surface area contributed by atoms with E-state index in [-0.39, 0.29) is 17.9 Å². The average Bonchev–Trinajstić information content (AvgIpc) is 2.53. The molecule has 0 radical (unpaired) electrons. The lowest BCUT2D eigenvalue weighted by atomic mass is 10.2. The standard InChI is InChI=1S/C17H11Cl3N2O2/c18-10-2-4-13(20)14(7-10)21-17(24)9-22-6-5-16(23)12-3-1-11(19)8-15(12)22/h1-8H,9H2,(H,21,24). The van der Waals surface area contributed by atoms with E-state index in [1.54, 1.807) is 47.2 Å². The molecule has 0 aliphatic heterocycles. The fourth-order valence-corrected chi connectivity index (χ4v) is 2.86. The Balaban J connectivity index is 1.91. The first-order valence-corrected chi connectivity index (χ1v) is 8.11. The number of anilines is 1. The molecule has 2 aromatic carbocycles. The minimum Gasteiger partial charge on any atom is -0.338 e. The van der Waals surface area contributed by atoms with Crippen LogP contribution in [0.25, 0.3) is 10.9 Å². The molecule has 122 valence electrons. The molecule has 4 nitrogen and oxygen atoms in total. The van der Waals surface area contributed by atoms with Crippen molar-refractivity contribution >= 4 is 57.3 Å². The number of fused-ring (bicyclic) bond motifs is 1. The molecular weight excluding hydrogens is 371 g/mol. The normalized spacial score (nSPS) is 10.8. The lowest BCUT2D eigenvalue weighted by Gasteiger charge is -2.12. The van der Waals surface area contributed by atoms with E-state index in [0.717, 1.165) is 0 Å². The van der Waals surface area contributed by atoms with E-state index in [0.29, 0.717) is 31.7 Å². The van der Waals surface area contributed by atoms with Gasteiger partial charge in [0.2, 0.25) is 5.91 Å². The quantitative estimate of drug-likeness (QED) is 0.721. The summed E-state index contributed by atoms with van der Waals surface area (Å²) in [6.45, 7) is -0.0000353. The summed E-state index contributed by atoms with van der Waals surface area (Å²) in [5.41, 5.74) is 0.885. The smallest absolute Gasteiger partial charge is 0.244 e. The second-order valence-electron chi connectivity index (χ2n) is 5.14. The molecule has 0 atom stereocenters. The van der Waals surface area contributed by atoms with Crippen molar-refractivity contribution in [2.45, 2.75) is 6.54 Å². The number of rotatable bonds is 3. The molecule has 7 heteroatoms. The van der Waals surface area contributed by atoms with Gasteiger partial charge in [0.1, 0.15) is 6.54 Å². The first-order valence-electron chi connectivity index (χ1n) is 6.97. The fourth-order valence-electron chi connectivity index (χ4n) is 2.35. The average molecular weight is 382 g/mol. The highest BCUT2D eigenvalue weighted by Crippen LogP contribution is 2.25. The van der Waals surface area contributed by atoms with Crippen LogP contribution in [0.15, 0.2) is 53.5 Å². The molecule has 24 heavy (non-hydrogen) atoms. The summed E-state index contributed by atoms with van der Waals surface area (Å²) >= 11 is 17.9. The van der Waals surface area contributed by atoms with E-state index in [4.69, 9.17) is 34.8 Å². The van der Waals surface area contributed by atoms with E-state index >= 15 is 0 Å². The zero-order valence-corrected chi connectivity index (χ0v) is 14.5. The Labute approximate surface area is 152 Å². The summed E-state index contributed by atoms with van der Waals surface area (Å²) in [5, 5.41) is 4.55. The summed E-state index contributed by atoms with van der Waals surface area (Å²) in [6.07, 6.45) is 1.56. The molecule has 0 bridgehead atoms. The molecule has 0 aliphatic rings. The topological polar surface area (TPSA) is 51.1 Å². The lowest BCUT2D eigenvalue weighted by molar-refractivity contribution is -0.116. The van der Waals surface area contributed by atoms with Crippen molar-refractivity contribution in [3.63, 3.8) is 0 Å². The predicted molar refractivity (Wildman–Crippen MR) is 98.3 cm³/mol. The third-order valence-corrected chi connectivity index (χ3v) is 4.26. The Morgan fingerprint density at radius 2 is 1.71 bits per heavy atom. The van der Waals surface area contributed by atoms with Crippen LogP contribution in [0.4, 0.5) is 5.69 Å². The van der Waals surface area contributed by atoms with Gasteiger partial charge >= 0.3 is 0 Å². The minimum absolute atomic E-state index is 0.0000353. The van der Waals surface area contributed by atoms with E-state index in [9.17, 15) is 9.59 Å². The van der Waals surface area contributed by atoms with Crippen LogP contribution in [-0.4, -0.2) is 10.5 Å². The van der Waals surface area contributed by atoms with Gasteiger partial charge in [-0.25, -0.2) is 0 Å². The number of pyridine rings is 1. The Bertz CT molecular complexity index is 999. The van der Waals surface area contributed by atoms with Crippen LogP contribution in [0, 0.1) is 0 Å². The Morgan fingerprint density at radius 1 is 1.00 bits per heavy atom. The van der Waals surface area contributed by atoms with Crippen molar-refractivity contribution in [1.29, 1.82) is 0 Å². The van der Waals surface area contributed by atoms with Crippen molar-refractivity contribution in [2.24, 2.45) is 0 Å². The van der Waals surface area contributed by atoms with Crippen molar-refractivity contribution in [3.8, 4) is 0 Å². The van der Waals surface area contributed by atoms with Gasteiger partial charge in [-0.2, -0.15) is 0 Å². The van der Waals surface area contributed by atoms with Gasteiger partial charge in [-0.05, 0) is 36.4 Å². The lowest BCUT2D eigenvalue weighted by Crippen LogP contribution is -2.20. The Hall–Kier alpha value is -2.01. The summed E-state index contributed by atoms with van der Waals surface area (Å²) < 4.78 is 1.65. The summed E-state index contributed by atoms with van der Waals surface area (Å²) in [7, 11) is 0. The van der Waals surface area contributed by atoms with Crippen LogP contribution in [-0.2, 0) is 11.3 Å². The molecule has 0 spiro atoms. The first-order chi connectivity index (χ1) is 11.4. The zero-order valence-electron chi connectivity index (χ0n) is 12.2. The van der Waals surface area contributed by atoms with Crippen LogP contribution in [0.5, 0.6) is 0 Å². The molecule has 0 aliphatic carbocycles.